The molecule has 54 heavy (non-hydrogen) atoms. The molecule has 2 aliphatic heterocycles. The fourth-order valence-corrected chi connectivity index (χ4v) is 7.32. The highest BCUT2D eigenvalue weighted by Gasteiger charge is 2.42. The molecule has 0 radical (unpaired) electrons. The summed E-state index contributed by atoms with van der Waals surface area (Å²) in [5, 5.41) is 11.5. The molecule has 2 aromatic heterocycles. The summed E-state index contributed by atoms with van der Waals surface area (Å²) < 4.78 is 34.9. The second-order valence-corrected chi connectivity index (χ2v) is 14.1. The van der Waals surface area contributed by atoms with Crippen LogP contribution >= 0.6 is 0 Å². The molecule has 0 bridgehead atoms. The molecule has 2 fully saturated rings. The number of nitrogen functional groups attached to an aromatic ring is 1. The average Bonchev–Trinajstić information content (AvgIpc) is 3.18. The number of hydrogen-bond acceptors (Lipinski definition) is 8. The minimum Gasteiger partial charge on any atom is -0.437 e. The quantitative estimate of drug-likeness (QED) is 0.211. The van der Waals surface area contributed by atoms with Gasteiger partial charge in [-0.25, -0.2) is 13.8 Å². The Kier molecular flexibility index (Phi) is 10.2. The van der Waals surface area contributed by atoms with Gasteiger partial charge in [0.05, 0.1) is 12.1 Å². The second kappa shape index (κ2) is 15.2. The van der Waals surface area contributed by atoms with Gasteiger partial charge in [0, 0.05) is 61.0 Å². The van der Waals surface area contributed by atoms with E-state index in [9.17, 15) is 28.3 Å². The molecular formula is C41H40F2N6O5. The second-order valence-electron chi connectivity index (χ2n) is 14.1. The Morgan fingerprint density at radius 2 is 1.65 bits per heavy atom. The summed E-state index contributed by atoms with van der Waals surface area (Å²) in [4.78, 5) is 53.1. The van der Waals surface area contributed by atoms with Gasteiger partial charge in [0.1, 0.15) is 23.7 Å². The lowest BCUT2D eigenvalue weighted by Gasteiger charge is -2.43. The van der Waals surface area contributed by atoms with Gasteiger partial charge in [-0.3, -0.25) is 23.9 Å². The summed E-state index contributed by atoms with van der Waals surface area (Å²) in [5.74, 6) is -1.96. The number of hydrogen-bond donors (Lipinski definition) is 2. The zero-order valence-corrected chi connectivity index (χ0v) is 29.7. The van der Waals surface area contributed by atoms with E-state index in [1.165, 1.54) is 47.3 Å². The van der Waals surface area contributed by atoms with Crippen molar-refractivity contribution in [2.75, 3.05) is 31.9 Å². The number of benzene rings is 3. The van der Waals surface area contributed by atoms with Gasteiger partial charge in [0.25, 0.3) is 11.5 Å². The lowest BCUT2D eigenvalue weighted by atomic mass is 9.79. The van der Waals surface area contributed by atoms with E-state index in [0.29, 0.717) is 24.1 Å². The third-order valence-electron chi connectivity index (χ3n) is 10.4. The van der Waals surface area contributed by atoms with Crippen molar-refractivity contribution in [1.29, 1.82) is 0 Å². The Hall–Kier alpha value is -5.95. The molecule has 0 saturated carbocycles. The van der Waals surface area contributed by atoms with Crippen molar-refractivity contribution >= 4 is 17.5 Å². The van der Waals surface area contributed by atoms with Crippen LogP contribution in [0.2, 0.25) is 0 Å². The normalized spacial score (nSPS) is 18.3. The van der Waals surface area contributed by atoms with Crippen LogP contribution in [-0.2, 0) is 11.3 Å². The fourth-order valence-electron chi connectivity index (χ4n) is 7.32. The van der Waals surface area contributed by atoms with Gasteiger partial charge in [-0.15, -0.1) is 0 Å². The van der Waals surface area contributed by atoms with E-state index < -0.39 is 28.7 Å². The van der Waals surface area contributed by atoms with Gasteiger partial charge in [-0.2, -0.15) is 0 Å². The van der Waals surface area contributed by atoms with Gasteiger partial charge in [-0.05, 0) is 85.8 Å². The maximum Gasteiger partial charge on any atom is 0.280 e. The number of carbonyl (C=O) groups is 2. The van der Waals surface area contributed by atoms with Crippen LogP contribution in [0.1, 0.15) is 46.8 Å². The smallest absolute Gasteiger partial charge is 0.280 e. The number of amides is 2. The zero-order chi connectivity index (χ0) is 38.0. The summed E-state index contributed by atoms with van der Waals surface area (Å²) in [7, 11) is 0. The number of pyridine rings is 1. The molecule has 3 aromatic carbocycles. The van der Waals surface area contributed by atoms with Crippen LogP contribution in [0, 0.1) is 24.5 Å². The summed E-state index contributed by atoms with van der Waals surface area (Å²) in [6.45, 7) is 2.89. The Bertz CT molecular complexity index is 2210. The monoisotopic (exact) mass is 734 g/mol. The van der Waals surface area contributed by atoms with E-state index >= 15 is 0 Å². The van der Waals surface area contributed by atoms with Gasteiger partial charge in [0.15, 0.2) is 5.69 Å². The fraction of sp³-hybridized carbons (Fsp3) is 0.293. The van der Waals surface area contributed by atoms with Crippen LogP contribution in [0.3, 0.4) is 0 Å². The van der Waals surface area contributed by atoms with Gasteiger partial charge < -0.3 is 25.4 Å². The van der Waals surface area contributed by atoms with Crippen LogP contribution in [0.4, 0.5) is 14.5 Å². The number of aryl methyl sites for hydroxylation is 1. The number of halogens is 2. The molecular weight excluding hydrogens is 694 g/mol. The highest BCUT2D eigenvalue weighted by atomic mass is 19.1. The Labute approximate surface area is 310 Å². The summed E-state index contributed by atoms with van der Waals surface area (Å²) in [5.41, 5.74) is 7.12. The number of likely N-dealkylation sites (tertiary alicyclic amines) is 2. The van der Waals surface area contributed by atoms with Crippen molar-refractivity contribution in [3.05, 3.63) is 136 Å². The van der Waals surface area contributed by atoms with Crippen molar-refractivity contribution in [2.24, 2.45) is 5.92 Å². The number of piperidine rings is 2. The maximum absolute atomic E-state index is 14.9. The minimum absolute atomic E-state index is 0.0664. The van der Waals surface area contributed by atoms with Crippen molar-refractivity contribution < 1.29 is 28.2 Å². The third kappa shape index (κ3) is 7.86. The summed E-state index contributed by atoms with van der Waals surface area (Å²) in [6, 6.07) is 22.8. The van der Waals surface area contributed by atoms with E-state index in [2.05, 4.69) is 9.97 Å². The molecule has 2 amide bonds. The highest BCUT2D eigenvalue weighted by Crippen LogP contribution is 2.36. The molecule has 7 rings (SSSR count). The molecule has 2 saturated heterocycles. The predicted octanol–water partition coefficient (Wildman–Crippen LogP) is 5.57. The first kappa shape index (κ1) is 36.4. The number of aromatic nitrogens is 3. The number of nitrogens with zero attached hydrogens (tertiary/aromatic N) is 5. The zero-order valence-electron chi connectivity index (χ0n) is 29.7. The van der Waals surface area contributed by atoms with Crippen molar-refractivity contribution in [2.45, 2.75) is 44.2 Å². The lowest BCUT2D eigenvalue weighted by molar-refractivity contribution is -0.142. The Morgan fingerprint density at radius 3 is 2.35 bits per heavy atom. The molecule has 3 N–H and O–H groups in total. The number of aliphatic hydroxyl groups is 1. The molecule has 0 aliphatic carbocycles. The SMILES string of the molecule is Cc1ccc(-c2cc(F)cc(C(=O)N3CC[C@@H](C(=O)N4CCC(O)(Cn5cnc(Oc6ccc(F)cc6)c(N)c5=O)CC4)[C@H](c4ccccc4)C3)c2)cn1. The van der Waals surface area contributed by atoms with Crippen molar-refractivity contribution in [1.82, 2.24) is 24.3 Å². The van der Waals surface area contributed by atoms with Crippen LogP contribution in [0.25, 0.3) is 11.1 Å². The minimum atomic E-state index is -1.30. The third-order valence-corrected chi connectivity index (χ3v) is 10.4. The van der Waals surface area contributed by atoms with Gasteiger partial charge in [-0.1, -0.05) is 36.4 Å². The molecule has 2 atom stereocenters. The van der Waals surface area contributed by atoms with Crippen LogP contribution in [0.15, 0.2) is 102 Å². The molecule has 0 unspecified atom stereocenters. The number of nitrogens with two attached hydrogens (primary N) is 1. The molecule has 11 nitrogen and oxygen atoms in total. The molecule has 278 valence electrons. The van der Waals surface area contributed by atoms with E-state index in [1.807, 2.05) is 49.4 Å². The van der Waals surface area contributed by atoms with Crippen molar-refractivity contribution in [3.63, 3.8) is 0 Å². The van der Waals surface area contributed by atoms with Crippen LogP contribution < -0.4 is 16.0 Å². The van der Waals surface area contributed by atoms with E-state index in [0.717, 1.165) is 11.3 Å². The summed E-state index contributed by atoms with van der Waals surface area (Å²) in [6.07, 6.45) is 3.73. The van der Waals surface area contributed by atoms with Gasteiger partial charge >= 0.3 is 0 Å². The Morgan fingerprint density at radius 1 is 0.907 bits per heavy atom. The highest BCUT2D eigenvalue weighted by molar-refractivity contribution is 5.96. The number of rotatable bonds is 8. The number of anilines is 1. The Balaban J connectivity index is 1.02. The summed E-state index contributed by atoms with van der Waals surface area (Å²) >= 11 is 0. The number of ether oxygens (including phenoxy) is 1. The van der Waals surface area contributed by atoms with Crippen LogP contribution in [0.5, 0.6) is 11.6 Å². The van der Waals surface area contributed by atoms with Crippen LogP contribution in [-0.4, -0.2) is 73.0 Å². The van der Waals surface area contributed by atoms with E-state index in [-0.39, 0.29) is 79.6 Å². The topological polar surface area (TPSA) is 144 Å². The largest absolute Gasteiger partial charge is 0.437 e. The molecule has 0 spiro atoms. The van der Waals surface area contributed by atoms with E-state index in [1.54, 1.807) is 22.1 Å². The maximum atomic E-state index is 14.9. The van der Waals surface area contributed by atoms with Gasteiger partial charge in [0.2, 0.25) is 11.8 Å². The number of carbonyl (C=O) groups excluding carboxylic acids is 2. The standard InChI is InChI=1S/C41H40F2N6O5/c1-26-7-8-28(22-45-26)29-19-30(21-32(43)20-29)38(50)48-16-13-34(35(23-48)27-5-3-2-4-6-27)39(51)47-17-14-41(53,15-18-47)24-49-25-46-37(36(44)40(49)52)54-33-11-9-31(42)10-12-33/h2-12,19-22,25,34-35,53H,13-18,23-24,44H2,1H3/t34-,35+/m1/s1. The van der Waals surface area contributed by atoms with Crippen molar-refractivity contribution in [3.8, 4) is 22.8 Å². The average molecular weight is 735 g/mol. The molecule has 2 aliphatic rings. The molecule has 13 heteroatoms. The first-order chi connectivity index (χ1) is 26.0. The first-order valence-corrected chi connectivity index (χ1v) is 17.8. The molecule has 5 aromatic rings. The lowest BCUT2D eigenvalue weighted by Crippen LogP contribution is -2.53. The molecule has 4 heterocycles. The van der Waals surface area contributed by atoms with E-state index in [4.69, 9.17) is 10.5 Å². The predicted molar refractivity (Wildman–Crippen MR) is 198 cm³/mol. The first-order valence-electron chi connectivity index (χ1n) is 17.8.